The number of nitrogens with zero attached hydrogens (tertiary/aromatic N) is 2. The van der Waals surface area contributed by atoms with Crippen LogP contribution in [0.4, 0.5) is 5.69 Å². The van der Waals surface area contributed by atoms with E-state index in [0.29, 0.717) is 0 Å². The van der Waals surface area contributed by atoms with Crippen LogP contribution in [0.5, 0.6) is 5.75 Å². The number of aryl methyl sites for hydroxylation is 2. The number of hydrogen-bond donors (Lipinski definition) is 1. The summed E-state index contributed by atoms with van der Waals surface area (Å²) in [6.45, 7) is 2.76. The molecule has 2 aromatic rings. The molecule has 17 heavy (non-hydrogen) atoms. The smallest absolute Gasteiger partial charge is 0.119 e. The topological polar surface area (TPSA) is 39.1 Å². The fourth-order valence-corrected chi connectivity index (χ4v) is 1.73. The Hall–Kier alpha value is -1.97. The monoisotopic (exact) mass is 231 g/mol. The Bertz CT molecular complexity index is 488. The minimum Gasteiger partial charge on any atom is -0.497 e. The van der Waals surface area contributed by atoms with Gasteiger partial charge in [0.2, 0.25) is 0 Å². The molecule has 0 fully saturated rings. The Morgan fingerprint density at radius 1 is 1.29 bits per heavy atom. The number of methoxy groups -OCH3 is 1. The average molecular weight is 231 g/mol. The fraction of sp³-hybridized carbons (Fsp3) is 0.308. The van der Waals surface area contributed by atoms with E-state index in [4.69, 9.17) is 4.74 Å². The van der Waals surface area contributed by atoms with Crippen LogP contribution in [-0.4, -0.2) is 16.9 Å². The van der Waals surface area contributed by atoms with Crippen molar-refractivity contribution in [2.45, 2.75) is 13.5 Å². The Labute approximate surface area is 101 Å². The van der Waals surface area contributed by atoms with Crippen molar-refractivity contribution in [1.29, 1.82) is 0 Å². The van der Waals surface area contributed by atoms with E-state index in [1.165, 1.54) is 5.69 Å². The van der Waals surface area contributed by atoms with Gasteiger partial charge in [-0.15, -0.1) is 0 Å². The van der Waals surface area contributed by atoms with E-state index >= 15 is 0 Å². The Balaban J connectivity index is 1.99. The zero-order valence-electron chi connectivity index (χ0n) is 10.4. The van der Waals surface area contributed by atoms with Gasteiger partial charge in [0, 0.05) is 12.7 Å². The maximum absolute atomic E-state index is 5.11. The predicted molar refractivity (Wildman–Crippen MR) is 68.3 cm³/mol. The van der Waals surface area contributed by atoms with E-state index in [9.17, 15) is 0 Å². The zero-order valence-corrected chi connectivity index (χ0v) is 10.4. The summed E-state index contributed by atoms with van der Waals surface area (Å²) in [5.41, 5.74) is 3.28. The molecule has 0 amide bonds. The highest BCUT2D eigenvalue weighted by atomic mass is 16.5. The molecule has 2 rings (SSSR count). The minimum atomic E-state index is 0.768. The van der Waals surface area contributed by atoms with Gasteiger partial charge in [0.25, 0.3) is 0 Å². The summed E-state index contributed by atoms with van der Waals surface area (Å²) in [5.74, 6) is 0.868. The number of aromatic nitrogens is 2. The van der Waals surface area contributed by atoms with Gasteiger partial charge in [0.05, 0.1) is 25.0 Å². The lowest BCUT2D eigenvalue weighted by molar-refractivity contribution is 0.415. The van der Waals surface area contributed by atoms with Crippen molar-refractivity contribution in [2.24, 2.45) is 7.05 Å². The van der Waals surface area contributed by atoms with Crippen LogP contribution in [0, 0.1) is 6.92 Å². The summed E-state index contributed by atoms with van der Waals surface area (Å²) in [6.07, 6.45) is 0. The van der Waals surface area contributed by atoms with Gasteiger partial charge in [-0.25, -0.2) is 0 Å². The van der Waals surface area contributed by atoms with Crippen molar-refractivity contribution in [3.05, 3.63) is 41.7 Å². The molecule has 0 bridgehead atoms. The van der Waals surface area contributed by atoms with Gasteiger partial charge in [0.1, 0.15) is 5.75 Å². The van der Waals surface area contributed by atoms with Crippen LogP contribution < -0.4 is 10.1 Å². The first kappa shape index (κ1) is 11.5. The van der Waals surface area contributed by atoms with Gasteiger partial charge in [0.15, 0.2) is 0 Å². The van der Waals surface area contributed by atoms with Gasteiger partial charge < -0.3 is 10.1 Å². The molecule has 0 aliphatic heterocycles. The van der Waals surface area contributed by atoms with E-state index < -0.39 is 0 Å². The van der Waals surface area contributed by atoms with E-state index in [0.717, 1.165) is 23.7 Å². The quantitative estimate of drug-likeness (QED) is 0.878. The van der Waals surface area contributed by atoms with Crippen molar-refractivity contribution in [2.75, 3.05) is 12.4 Å². The van der Waals surface area contributed by atoms with Crippen LogP contribution in [0.25, 0.3) is 0 Å². The van der Waals surface area contributed by atoms with Crippen molar-refractivity contribution < 1.29 is 4.74 Å². The summed E-state index contributed by atoms with van der Waals surface area (Å²) in [5, 5.41) is 7.66. The fourth-order valence-electron chi connectivity index (χ4n) is 1.73. The molecule has 1 aromatic heterocycles. The number of nitrogens with one attached hydrogen (secondary N) is 1. The van der Waals surface area contributed by atoms with Gasteiger partial charge in [-0.3, -0.25) is 4.68 Å². The molecule has 0 saturated heterocycles. The number of anilines is 1. The van der Waals surface area contributed by atoms with Crippen LogP contribution in [0.1, 0.15) is 11.4 Å². The molecule has 4 nitrogen and oxygen atoms in total. The SMILES string of the molecule is COc1ccc(NCc2cc(C)nn2C)cc1. The van der Waals surface area contributed by atoms with E-state index in [-0.39, 0.29) is 0 Å². The molecular weight excluding hydrogens is 214 g/mol. The highest BCUT2D eigenvalue weighted by Crippen LogP contribution is 2.15. The van der Waals surface area contributed by atoms with Gasteiger partial charge in [-0.05, 0) is 37.3 Å². The van der Waals surface area contributed by atoms with Gasteiger partial charge >= 0.3 is 0 Å². The average Bonchev–Trinajstić information content (AvgIpc) is 2.66. The van der Waals surface area contributed by atoms with E-state index in [1.54, 1.807) is 7.11 Å². The Morgan fingerprint density at radius 2 is 2.00 bits per heavy atom. The highest BCUT2D eigenvalue weighted by molar-refractivity contribution is 5.46. The molecule has 0 aliphatic carbocycles. The Kier molecular flexibility index (Phi) is 3.32. The highest BCUT2D eigenvalue weighted by Gasteiger charge is 2.01. The van der Waals surface area contributed by atoms with Crippen molar-refractivity contribution in [3.8, 4) is 5.75 Å². The zero-order chi connectivity index (χ0) is 12.3. The standard InChI is InChI=1S/C13H17N3O/c1-10-8-12(16(2)15-10)9-14-11-4-6-13(17-3)7-5-11/h4-8,14H,9H2,1-3H3. The normalized spacial score (nSPS) is 10.3. The first-order chi connectivity index (χ1) is 8.19. The lowest BCUT2D eigenvalue weighted by Crippen LogP contribution is -2.05. The third-order valence-corrected chi connectivity index (χ3v) is 2.66. The summed E-state index contributed by atoms with van der Waals surface area (Å²) in [6, 6.07) is 9.97. The van der Waals surface area contributed by atoms with Crippen LogP contribution in [-0.2, 0) is 13.6 Å². The largest absolute Gasteiger partial charge is 0.497 e. The van der Waals surface area contributed by atoms with Crippen molar-refractivity contribution >= 4 is 5.69 Å². The summed E-state index contributed by atoms with van der Waals surface area (Å²) in [4.78, 5) is 0. The maximum Gasteiger partial charge on any atom is 0.119 e. The van der Waals surface area contributed by atoms with Crippen LogP contribution in [0.3, 0.4) is 0 Å². The lowest BCUT2D eigenvalue weighted by atomic mass is 10.3. The maximum atomic E-state index is 5.11. The molecule has 0 atom stereocenters. The Morgan fingerprint density at radius 3 is 2.53 bits per heavy atom. The second-order valence-corrected chi connectivity index (χ2v) is 3.98. The summed E-state index contributed by atoms with van der Waals surface area (Å²) >= 11 is 0. The third kappa shape index (κ3) is 2.78. The number of rotatable bonds is 4. The van der Waals surface area contributed by atoms with Gasteiger partial charge in [-0.2, -0.15) is 5.10 Å². The molecule has 0 saturated carbocycles. The van der Waals surface area contributed by atoms with Crippen LogP contribution in [0.15, 0.2) is 30.3 Å². The third-order valence-electron chi connectivity index (χ3n) is 2.66. The van der Waals surface area contributed by atoms with E-state index in [2.05, 4.69) is 16.5 Å². The molecule has 1 N–H and O–H groups in total. The molecule has 0 radical (unpaired) electrons. The minimum absolute atomic E-state index is 0.768. The first-order valence-electron chi connectivity index (χ1n) is 5.56. The number of benzene rings is 1. The molecule has 0 spiro atoms. The van der Waals surface area contributed by atoms with Crippen LogP contribution >= 0.6 is 0 Å². The number of hydrogen-bond acceptors (Lipinski definition) is 3. The molecule has 1 heterocycles. The first-order valence-corrected chi connectivity index (χ1v) is 5.56. The molecule has 90 valence electrons. The molecular formula is C13H17N3O. The van der Waals surface area contributed by atoms with Crippen LogP contribution in [0.2, 0.25) is 0 Å². The molecule has 4 heteroatoms. The predicted octanol–water partition coefficient (Wildman–Crippen LogP) is 2.35. The number of ether oxygens (including phenoxy) is 1. The molecule has 0 aliphatic rings. The lowest BCUT2D eigenvalue weighted by Gasteiger charge is -2.07. The summed E-state index contributed by atoms with van der Waals surface area (Å²) in [7, 11) is 3.62. The van der Waals surface area contributed by atoms with Crippen molar-refractivity contribution in [3.63, 3.8) is 0 Å². The summed E-state index contributed by atoms with van der Waals surface area (Å²) < 4.78 is 7.01. The second-order valence-electron chi connectivity index (χ2n) is 3.98. The molecule has 1 aromatic carbocycles. The van der Waals surface area contributed by atoms with E-state index in [1.807, 2.05) is 42.9 Å². The second kappa shape index (κ2) is 4.91. The van der Waals surface area contributed by atoms with Gasteiger partial charge in [-0.1, -0.05) is 0 Å². The van der Waals surface area contributed by atoms with Crippen molar-refractivity contribution in [1.82, 2.24) is 9.78 Å². The molecule has 0 unspecified atom stereocenters.